The minimum Gasteiger partial charge on any atom is -0.481 e. The van der Waals surface area contributed by atoms with E-state index in [1.807, 2.05) is 5.32 Å². The van der Waals surface area contributed by atoms with E-state index in [1.165, 1.54) is 0 Å². The number of hydrogen-bond acceptors (Lipinski definition) is 10. The Kier molecular flexibility index (Phi) is 7.14. The maximum absolute atomic E-state index is 12.2. The van der Waals surface area contributed by atoms with Crippen molar-refractivity contribution in [3.05, 3.63) is 12.0 Å². The van der Waals surface area contributed by atoms with Gasteiger partial charge in [-0.25, -0.2) is 14.3 Å². The molecule has 17 heteroatoms. The van der Waals surface area contributed by atoms with E-state index in [9.17, 15) is 29.2 Å². The lowest BCUT2D eigenvalue weighted by molar-refractivity contribution is -0.145. The number of rotatable bonds is 9. The summed E-state index contributed by atoms with van der Waals surface area (Å²) in [7, 11) is -4.87. The Morgan fingerprint density at radius 1 is 1.30 bits per heavy atom. The Morgan fingerprint density at radius 2 is 1.93 bits per heavy atom. The fraction of sp³-hybridized carbons (Fsp3) is 0.538. The molecule has 0 aromatic carbocycles. The van der Waals surface area contributed by atoms with Crippen LogP contribution < -0.4 is 11.1 Å². The van der Waals surface area contributed by atoms with Crippen molar-refractivity contribution in [1.82, 2.24) is 14.9 Å². The third-order valence-corrected chi connectivity index (χ3v) is 4.53. The Morgan fingerprint density at radius 3 is 2.47 bits per heavy atom. The fourth-order valence-corrected chi connectivity index (χ4v) is 2.96. The highest BCUT2D eigenvalue weighted by Gasteiger charge is 2.45. The number of carbonyl (C=O) groups is 3. The zero-order chi connectivity index (χ0) is 22.8. The van der Waals surface area contributed by atoms with Crippen molar-refractivity contribution < 1.29 is 58.4 Å². The molecule has 0 aliphatic carbocycles. The molecule has 1 aliphatic rings. The van der Waals surface area contributed by atoms with Crippen LogP contribution in [-0.2, 0) is 23.4 Å². The number of aliphatic carboxylic acids is 2. The van der Waals surface area contributed by atoms with Gasteiger partial charge < -0.3 is 46.0 Å². The van der Waals surface area contributed by atoms with Crippen LogP contribution in [0.15, 0.2) is 6.33 Å². The number of aliphatic hydroxyl groups excluding tert-OH is 2. The Bertz CT molecular complexity index is 868. The number of nitrogens with zero attached hydrogens (tertiary/aromatic N) is 2. The van der Waals surface area contributed by atoms with Crippen LogP contribution in [0.3, 0.4) is 0 Å². The topological polar surface area (TPSA) is 264 Å². The van der Waals surface area contributed by atoms with Crippen molar-refractivity contribution in [3.8, 4) is 0 Å². The van der Waals surface area contributed by atoms with Gasteiger partial charge in [0.05, 0.1) is 19.4 Å². The summed E-state index contributed by atoms with van der Waals surface area (Å²) in [5.41, 5.74) is 5.27. The Balaban J connectivity index is 2.16. The lowest BCUT2D eigenvalue weighted by Crippen LogP contribution is -2.42. The van der Waals surface area contributed by atoms with E-state index in [0.717, 1.165) is 10.9 Å². The molecule has 0 spiro atoms. The molecule has 0 radical (unpaired) electrons. The number of nitrogens with one attached hydrogen (secondary N) is 1. The van der Waals surface area contributed by atoms with Crippen LogP contribution in [0.1, 0.15) is 23.1 Å². The third kappa shape index (κ3) is 5.51. The lowest BCUT2D eigenvalue weighted by atomic mass is 10.1. The SMILES string of the molecule is Nc1c(C(=O)NC(CC(=O)O)C(=O)O)ncn1[C@@H]1O[C@H](COP(=O)(O)O)[C@@H](O)[C@H]1O. The smallest absolute Gasteiger partial charge is 0.469 e. The predicted molar refractivity (Wildman–Crippen MR) is 91.7 cm³/mol. The molecule has 0 bridgehead atoms. The molecule has 168 valence electrons. The number of aromatic nitrogens is 2. The van der Waals surface area contributed by atoms with Crippen LogP contribution in [0, 0.1) is 0 Å². The van der Waals surface area contributed by atoms with Gasteiger partial charge in [-0.3, -0.25) is 18.7 Å². The summed E-state index contributed by atoms with van der Waals surface area (Å²) in [6, 6.07) is -1.76. The van der Waals surface area contributed by atoms with Gasteiger partial charge in [0.15, 0.2) is 11.9 Å². The van der Waals surface area contributed by atoms with Gasteiger partial charge in [-0.15, -0.1) is 0 Å². The molecule has 2 rings (SSSR count). The molecular formula is C13H19N4O12P. The number of nitrogens with two attached hydrogens (primary N) is 1. The van der Waals surface area contributed by atoms with E-state index in [4.69, 9.17) is 30.5 Å². The Hall–Kier alpha value is -2.59. The van der Waals surface area contributed by atoms with Gasteiger partial charge in [-0.1, -0.05) is 0 Å². The molecule has 1 fully saturated rings. The van der Waals surface area contributed by atoms with Crippen LogP contribution in [-0.4, -0.2) is 88.6 Å². The summed E-state index contributed by atoms with van der Waals surface area (Å²) in [6.45, 7) is -0.767. The van der Waals surface area contributed by atoms with E-state index in [0.29, 0.717) is 0 Å². The second-order valence-corrected chi connectivity index (χ2v) is 7.42. The van der Waals surface area contributed by atoms with Crippen molar-refractivity contribution in [2.75, 3.05) is 12.3 Å². The highest BCUT2D eigenvalue weighted by atomic mass is 31.2. The molecule has 1 unspecified atom stereocenters. The first-order chi connectivity index (χ1) is 13.8. The highest BCUT2D eigenvalue weighted by Crippen LogP contribution is 2.38. The number of imidazole rings is 1. The molecule has 30 heavy (non-hydrogen) atoms. The summed E-state index contributed by atoms with van der Waals surface area (Å²) in [5, 5.41) is 39.7. The van der Waals surface area contributed by atoms with Crippen molar-refractivity contribution in [3.63, 3.8) is 0 Å². The number of hydrogen-bond donors (Lipinski definition) is 8. The maximum atomic E-state index is 12.2. The summed E-state index contributed by atoms with van der Waals surface area (Å²) >= 11 is 0. The molecule has 1 amide bonds. The molecule has 16 nitrogen and oxygen atoms in total. The number of amides is 1. The largest absolute Gasteiger partial charge is 0.481 e. The monoisotopic (exact) mass is 454 g/mol. The molecule has 1 aliphatic heterocycles. The molecule has 9 N–H and O–H groups in total. The minimum atomic E-state index is -4.87. The van der Waals surface area contributed by atoms with Gasteiger partial charge in [-0.2, -0.15) is 0 Å². The Labute approximate surface area is 167 Å². The van der Waals surface area contributed by atoms with Gasteiger partial charge in [0.25, 0.3) is 5.91 Å². The second-order valence-electron chi connectivity index (χ2n) is 6.18. The first-order valence-electron chi connectivity index (χ1n) is 8.11. The molecule has 1 saturated heterocycles. The van der Waals surface area contributed by atoms with Gasteiger partial charge in [-0.05, 0) is 0 Å². The van der Waals surface area contributed by atoms with Gasteiger partial charge in [0.1, 0.15) is 30.2 Å². The number of phosphoric acid groups is 1. The normalized spacial score (nSPS) is 25.1. The van der Waals surface area contributed by atoms with Crippen molar-refractivity contribution in [2.24, 2.45) is 0 Å². The number of carbonyl (C=O) groups excluding carboxylic acids is 1. The molecule has 1 aromatic rings. The lowest BCUT2D eigenvalue weighted by Gasteiger charge is -2.18. The summed E-state index contributed by atoms with van der Waals surface area (Å²) in [4.78, 5) is 55.1. The van der Waals surface area contributed by atoms with Gasteiger partial charge in [0, 0.05) is 0 Å². The fourth-order valence-electron chi connectivity index (χ4n) is 2.62. The van der Waals surface area contributed by atoms with Gasteiger partial charge >= 0.3 is 19.8 Å². The molecular weight excluding hydrogens is 435 g/mol. The number of aliphatic hydroxyl groups is 2. The quantitative estimate of drug-likeness (QED) is 0.171. The van der Waals surface area contributed by atoms with Crippen molar-refractivity contribution in [2.45, 2.75) is 37.0 Å². The number of anilines is 1. The summed E-state index contributed by atoms with van der Waals surface area (Å²) in [5.74, 6) is -4.61. The van der Waals surface area contributed by atoms with E-state index >= 15 is 0 Å². The molecule has 1 aromatic heterocycles. The van der Waals surface area contributed by atoms with Crippen molar-refractivity contribution in [1.29, 1.82) is 0 Å². The first kappa shape index (κ1) is 23.7. The van der Waals surface area contributed by atoms with E-state index in [1.54, 1.807) is 0 Å². The standard InChI is InChI=1S/C13H19N4O12P/c14-10-7(11(22)16-4(13(23)24)1-6(18)19)15-3-17(10)12-9(21)8(20)5(29-12)2-28-30(25,26)27/h3-5,8-9,12,20-21H,1-2,14H2,(H,16,22)(H,18,19)(H,23,24)(H2,25,26,27)/t4?,5-,8-,9-,12-/m1/s1. The zero-order valence-corrected chi connectivity index (χ0v) is 15.8. The van der Waals surface area contributed by atoms with Crippen LogP contribution in [0.2, 0.25) is 0 Å². The highest BCUT2D eigenvalue weighted by molar-refractivity contribution is 7.46. The van der Waals surface area contributed by atoms with Gasteiger partial charge in [0.2, 0.25) is 0 Å². The number of nitrogen functional groups attached to an aromatic ring is 1. The predicted octanol–water partition coefficient (Wildman–Crippen LogP) is -3.15. The summed E-state index contributed by atoms with van der Waals surface area (Å²) in [6.07, 6.45) is -6.03. The van der Waals surface area contributed by atoms with Crippen molar-refractivity contribution >= 4 is 31.5 Å². The van der Waals surface area contributed by atoms with Crippen LogP contribution in [0.4, 0.5) is 5.82 Å². The van der Waals surface area contributed by atoms with Crippen LogP contribution in [0.25, 0.3) is 0 Å². The average Bonchev–Trinajstić information content (AvgIpc) is 3.12. The number of ether oxygens (including phenoxy) is 1. The third-order valence-electron chi connectivity index (χ3n) is 4.05. The number of carboxylic acids is 2. The number of phosphoric ester groups is 1. The van der Waals surface area contributed by atoms with E-state index < -0.39 is 80.8 Å². The van der Waals surface area contributed by atoms with Crippen LogP contribution in [0.5, 0.6) is 0 Å². The average molecular weight is 454 g/mol. The first-order valence-corrected chi connectivity index (χ1v) is 9.64. The molecule has 2 heterocycles. The summed E-state index contributed by atoms with van der Waals surface area (Å²) < 4.78 is 21.2. The number of carboxylic acid groups (broad SMARTS) is 2. The van der Waals surface area contributed by atoms with E-state index in [-0.39, 0.29) is 0 Å². The molecule has 0 saturated carbocycles. The minimum absolute atomic E-state index is 0.417. The zero-order valence-electron chi connectivity index (χ0n) is 14.9. The van der Waals surface area contributed by atoms with E-state index in [2.05, 4.69) is 9.51 Å². The maximum Gasteiger partial charge on any atom is 0.469 e. The molecule has 5 atom stereocenters. The second kappa shape index (κ2) is 9.05. The van der Waals surface area contributed by atoms with Crippen LogP contribution >= 0.6 is 7.82 Å².